The summed E-state index contributed by atoms with van der Waals surface area (Å²) < 4.78 is 5.60. The van der Waals surface area contributed by atoms with E-state index in [0.717, 1.165) is 31.7 Å². The number of carbonyl (C=O) groups is 2. The van der Waals surface area contributed by atoms with E-state index in [9.17, 15) is 9.59 Å². The Morgan fingerprint density at radius 2 is 1.71 bits per heavy atom. The van der Waals surface area contributed by atoms with Gasteiger partial charge in [0, 0.05) is 24.5 Å². The lowest BCUT2D eigenvalue weighted by atomic mass is 10.1. The fourth-order valence-electron chi connectivity index (χ4n) is 3.21. The van der Waals surface area contributed by atoms with Crippen LogP contribution in [0.25, 0.3) is 0 Å². The van der Waals surface area contributed by atoms with Crippen molar-refractivity contribution < 1.29 is 14.3 Å². The van der Waals surface area contributed by atoms with E-state index in [1.165, 1.54) is 6.42 Å². The first-order valence-corrected chi connectivity index (χ1v) is 10.1. The third-order valence-electron chi connectivity index (χ3n) is 4.71. The third-order valence-corrected chi connectivity index (χ3v) is 4.96. The van der Waals surface area contributed by atoms with E-state index in [1.807, 2.05) is 17.0 Å². The number of benzene rings is 2. The summed E-state index contributed by atoms with van der Waals surface area (Å²) in [5.41, 5.74) is 1.12. The topological polar surface area (TPSA) is 58.6 Å². The van der Waals surface area contributed by atoms with Gasteiger partial charge in [0.1, 0.15) is 5.75 Å². The minimum Gasteiger partial charge on any atom is -0.494 e. The largest absolute Gasteiger partial charge is 0.494 e. The second-order valence-electron chi connectivity index (χ2n) is 6.85. The van der Waals surface area contributed by atoms with Gasteiger partial charge < -0.3 is 15.0 Å². The van der Waals surface area contributed by atoms with Crippen LogP contribution in [0, 0.1) is 0 Å². The van der Waals surface area contributed by atoms with Crippen LogP contribution in [0.15, 0.2) is 48.5 Å². The minimum absolute atomic E-state index is 0.0123. The number of para-hydroxylation sites is 1. The summed E-state index contributed by atoms with van der Waals surface area (Å²) in [5, 5.41) is 3.53. The average molecular weight is 401 g/mol. The van der Waals surface area contributed by atoms with Crippen molar-refractivity contribution in [2.75, 3.05) is 25.0 Å². The molecule has 1 N–H and O–H groups in total. The maximum Gasteiger partial charge on any atom is 0.255 e. The van der Waals surface area contributed by atoms with Gasteiger partial charge in [-0.25, -0.2) is 0 Å². The number of nitrogens with one attached hydrogen (secondary N) is 1. The van der Waals surface area contributed by atoms with Crippen LogP contribution in [-0.4, -0.2) is 36.4 Å². The quantitative estimate of drug-likeness (QED) is 0.681. The van der Waals surface area contributed by atoms with E-state index >= 15 is 0 Å². The highest BCUT2D eigenvalue weighted by Gasteiger charge is 2.21. The lowest BCUT2D eigenvalue weighted by Crippen LogP contribution is -2.36. The normalized spacial score (nSPS) is 13.8. The SMILES string of the molecule is O=C(CCCOc1ccc(Cl)cc1)Nc1ccccc1C(=O)N1CCCCC1. The molecule has 1 aliphatic rings. The van der Waals surface area contributed by atoms with Crippen LogP contribution in [0.3, 0.4) is 0 Å². The summed E-state index contributed by atoms with van der Waals surface area (Å²) >= 11 is 5.84. The molecule has 0 atom stereocenters. The first kappa shape index (κ1) is 20.2. The highest BCUT2D eigenvalue weighted by Crippen LogP contribution is 2.20. The van der Waals surface area contributed by atoms with Crippen LogP contribution in [0.1, 0.15) is 42.5 Å². The van der Waals surface area contributed by atoms with Crippen molar-refractivity contribution in [1.29, 1.82) is 0 Å². The molecular formula is C22H25ClN2O3. The van der Waals surface area contributed by atoms with Crippen LogP contribution >= 0.6 is 11.6 Å². The first-order chi connectivity index (χ1) is 13.6. The highest BCUT2D eigenvalue weighted by molar-refractivity contribution is 6.30. The van der Waals surface area contributed by atoms with E-state index in [0.29, 0.717) is 35.7 Å². The monoisotopic (exact) mass is 400 g/mol. The van der Waals surface area contributed by atoms with Gasteiger partial charge in [-0.3, -0.25) is 9.59 Å². The first-order valence-electron chi connectivity index (χ1n) is 9.70. The zero-order chi connectivity index (χ0) is 19.8. The molecule has 2 aromatic rings. The number of piperidine rings is 1. The van der Waals surface area contributed by atoms with Gasteiger partial charge in [-0.1, -0.05) is 23.7 Å². The van der Waals surface area contributed by atoms with E-state index in [4.69, 9.17) is 16.3 Å². The van der Waals surface area contributed by atoms with Crippen LogP contribution < -0.4 is 10.1 Å². The highest BCUT2D eigenvalue weighted by atomic mass is 35.5. The van der Waals surface area contributed by atoms with Crippen LogP contribution in [0.5, 0.6) is 5.75 Å². The Bertz CT molecular complexity index is 802. The van der Waals surface area contributed by atoms with Gasteiger partial charge in [-0.05, 0) is 62.1 Å². The molecule has 1 aliphatic heterocycles. The molecule has 28 heavy (non-hydrogen) atoms. The minimum atomic E-state index is -0.126. The Labute approximate surface area is 170 Å². The van der Waals surface area contributed by atoms with Crippen molar-refractivity contribution in [3.05, 3.63) is 59.1 Å². The van der Waals surface area contributed by atoms with Gasteiger partial charge in [0.15, 0.2) is 0 Å². The Balaban J connectivity index is 1.49. The molecular weight excluding hydrogens is 376 g/mol. The summed E-state index contributed by atoms with van der Waals surface area (Å²) in [6, 6.07) is 14.3. The Hall–Kier alpha value is -2.53. The van der Waals surface area contributed by atoms with E-state index in [1.54, 1.807) is 36.4 Å². The molecule has 6 heteroatoms. The van der Waals surface area contributed by atoms with Crippen molar-refractivity contribution in [3.63, 3.8) is 0 Å². The molecule has 2 amide bonds. The zero-order valence-electron chi connectivity index (χ0n) is 15.8. The molecule has 1 heterocycles. The molecule has 0 saturated carbocycles. The van der Waals surface area contributed by atoms with Gasteiger partial charge in [0.25, 0.3) is 5.91 Å². The van der Waals surface area contributed by atoms with Crippen molar-refractivity contribution >= 4 is 29.1 Å². The van der Waals surface area contributed by atoms with Gasteiger partial charge in [0.05, 0.1) is 17.9 Å². The number of ether oxygens (including phenoxy) is 1. The molecule has 0 bridgehead atoms. The maximum absolute atomic E-state index is 12.8. The molecule has 5 nitrogen and oxygen atoms in total. The Kier molecular flexibility index (Phi) is 7.31. The summed E-state index contributed by atoms with van der Waals surface area (Å²) in [5.74, 6) is 0.586. The second-order valence-corrected chi connectivity index (χ2v) is 7.29. The van der Waals surface area contributed by atoms with Crippen molar-refractivity contribution in [2.24, 2.45) is 0 Å². The number of rotatable bonds is 7. The number of nitrogens with zero attached hydrogens (tertiary/aromatic N) is 1. The molecule has 0 radical (unpaired) electrons. The summed E-state index contributed by atoms with van der Waals surface area (Å²) in [4.78, 5) is 27.0. The standard InChI is InChI=1S/C22H25ClN2O3/c23-17-10-12-18(13-11-17)28-16-6-9-21(26)24-20-8-3-2-7-19(20)22(27)25-14-4-1-5-15-25/h2-3,7-8,10-13H,1,4-6,9,14-16H2,(H,24,26). The fourth-order valence-corrected chi connectivity index (χ4v) is 3.34. The average Bonchev–Trinajstić information content (AvgIpc) is 2.73. The van der Waals surface area contributed by atoms with Gasteiger partial charge in [-0.15, -0.1) is 0 Å². The number of hydrogen-bond acceptors (Lipinski definition) is 3. The van der Waals surface area contributed by atoms with E-state index in [-0.39, 0.29) is 11.8 Å². The predicted octanol–water partition coefficient (Wildman–Crippen LogP) is 4.76. The zero-order valence-corrected chi connectivity index (χ0v) is 16.6. The van der Waals surface area contributed by atoms with Crippen LogP contribution in [-0.2, 0) is 4.79 Å². The van der Waals surface area contributed by atoms with Gasteiger partial charge in [0.2, 0.25) is 5.91 Å². The number of likely N-dealkylation sites (tertiary alicyclic amines) is 1. The fraction of sp³-hybridized carbons (Fsp3) is 0.364. The number of carbonyl (C=O) groups excluding carboxylic acids is 2. The molecule has 0 aromatic heterocycles. The Morgan fingerprint density at radius 3 is 2.46 bits per heavy atom. The molecule has 0 aliphatic carbocycles. The lowest BCUT2D eigenvalue weighted by Gasteiger charge is -2.27. The van der Waals surface area contributed by atoms with Gasteiger partial charge >= 0.3 is 0 Å². The molecule has 1 saturated heterocycles. The van der Waals surface area contributed by atoms with Crippen LogP contribution in [0.4, 0.5) is 5.69 Å². The summed E-state index contributed by atoms with van der Waals surface area (Å²) in [7, 11) is 0. The maximum atomic E-state index is 12.8. The van der Waals surface area contributed by atoms with E-state index in [2.05, 4.69) is 5.32 Å². The molecule has 0 spiro atoms. The molecule has 1 fully saturated rings. The molecule has 148 valence electrons. The number of halogens is 1. The van der Waals surface area contributed by atoms with Crippen molar-refractivity contribution in [3.8, 4) is 5.75 Å². The van der Waals surface area contributed by atoms with Crippen molar-refractivity contribution in [1.82, 2.24) is 4.90 Å². The number of amides is 2. The lowest BCUT2D eigenvalue weighted by molar-refractivity contribution is -0.116. The summed E-state index contributed by atoms with van der Waals surface area (Å²) in [6.45, 7) is 2.00. The third kappa shape index (κ3) is 5.73. The van der Waals surface area contributed by atoms with Crippen molar-refractivity contribution in [2.45, 2.75) is 32.1 Å². The number of hydrogen-bond donors (Lipinski definition) is 1. The molecule has 2 aromatic carbocycles. The predicted molar refractivity (Wildman–Crippen MR) is 111 cm³/mol. The smallest absolute Gasteiger partial charge is 0.255 e. The van der Waals surface area contributed by atoms with Gasteiger partial charge in [-0.2, -0.15) is 0 Å². The van der Waals surface area contributed by atoms with Crippen LogP contribution in [0.2, 0.25) is 5.02 Å². The summed E-state index contributed by atoms with van der Waals surface area (Å²) in [6.07, 6.45) is 4.14. The Morgan fingerprint density at radius 1 is 1.00 bits per heavy atom. The number of anilines is 1. The molecule has 3 rings (SSSR count). The second kappa shape index (κ2) is 10.1. The molecule has 0 unspecified atom stereocenters. The van der Waals surface area contributed by atoms with E-state index < -0.39 is 0 Å².